The number of amides is 1. The summed E-state index contributed by atoms with van der Waals surface area (Å²) >= 11 is 0. The highest BCUT2D eigenvalue weighted by molar-refractivity contribution is 5.80. The molecule has 0 aromatic carbocycles. The van der Waals surface area contributed by atoms with Crippen molar-refractivity contribution < 1.29 is 9.53 Å². The molecular weight excluding hydrogens is 158 g/mol. The van der Waals surface area contributed by atoms with Crippen LogP contribution in [0.15, 0.2) is 12.4 Å². The summed E-state index contributed by atoms with van der Waals surface area (Å²) in [6.07, 6.45) is 3.79. The number of hydrogen-bond acceptors (Lipinski definition) is 3. The Labute approximate surface area is 69.3 Å². The lowest BCUT2D eigenvalue weighted by atomic mass is 10.5. The van der Waals surface area contributed by atoms with Crippen LogP contribution in [0.1, 0.15) is 5.82 Å². The van der Waals surface area contributed by atoms with E-state index in [2.05, 4.69) is 9.97 Å². The number of carbonyl (C=O) groups is 1. The molecule has 1 aliphatic rings. The molecule has 63 valence electrons. The first kappa shape index (κ1) is 7.30. The van der Waals surface area contributed by atoms with Crippen LogP contribution in [0, 0.1) is 6.23 Å². The predicted molar refractivity (Wildman–Crippen MR) is 39.7 cm³/mol. The normalized spacial score (nSPS) is 19.1. The van der Waals surface area contributed by atoms with E-state index in [9.17, 15) is 4.79 Å². The molecule has 1 aromatic rings. The molecule has 0 bridgehead atoms. The molecule has 5 nitrogen and oxygen atoms in total. The third kappa shape index (κ3) is 0.984. The molecule has 12 heavy (non-hydrogen) atoms. The maximum Gasteiger partial charge on any atom is 0.260 e. The van der Waals surface area contributed by atoms with Crippen LogP contribution >= 0.6 is 0 Å². The number of ether oxygens (including phenoxy) is 1. The van der Waals surface area contributed by atoms with Crippen molar-refractivity contribution in [2.24, 2.45) is 0 Å². The number of H-pyrrole nitrogens is 1. The van der Waals surface area contributed by atoms with Gasteiger partial charge in [0.15, 0.2) is 5.82 Å². The van der Waals surface area contributed by atoms with Gasteiger partial charge in [0.1, 0.15) is 6.61 Å². The van der Waals surface area contributed by atoms with Gasteiger partial charge in [-0.05, 0) is 0 Å². The Kier molecular flexibility index (Phi) is 1.58. The van der Waals surface area contributed by atoms with Gasteiger partial charge in [-0.2, -0.15) is 0 Å². The van der Waals surface area contributed by atoms with Crippen molar-refractivity contribution in [3.63, 3.8) is 0 Å². The average molecular weight is 166 g/mol. The van der Waals surface area contributed by atoms with Gasteiger partial charge < -0.3 is 14.6 Å². The number of nitrogens with zero attached hydrogens (tertiary/aromatic N) is 2. The first-order valence-corrected chi connectivity index (χ1v) is 3.55. The SMILES string of the molecule is CN1[C](c2ncc[nH]2)OCC1=O. The molecule has 0 saturated carbocycles. The summed E-state index contributed by atoms with van der Waals surface area (Å²) in [7, 11) is 1.66. The topological polar surface area (TPSA) is 58.2 Å². The number of hydrogen-bond donors (Lipinski definition) is 1. The van der Waals surface area contributed by atoms with Crippen molar-refractivity contribution in [2.45, 2.75) is 0 Å². The second kappa shape index (κ2) is 2.60. The van der Waals surface area contributed by atoms with Crippen LogP contribution in [-0.2, 0) is 9.53 Å². The minimum absolute atomic E-state index is 0.0543. The van der Waals surface area contributed by atoms with Crippen LogP contribution in [0.4, 0.5) is 0 Å². The van der Waals surface area contributed by atoms with E-state index in [-0.39, 0.29) is 12.5 Å². The van der Waals surface area contributed by atoms with Crippen LogP contribution in [0.25, 0.3) is 0 Å². The van der Waals surface area contributed by atoms with Crippen molar-refractivity contribution >= 4 is 5.91 Å². The molecule has 1 aromatic heterocycles. The Morgan fingerprint density at radius 1 is 1.75 bits per heavy atom. The summed E-state index contributed by atoms with van der Waals surface area (Å²) in [4.78, 5) is 19.3. The molecule has 0 unspecified atom stereocenters. The summed E-state index contributed by atoms with van der Waals surface area (Å²) in [5, 5.41) is 0. The molecule has 2 rings (SSSR count). The Hall–Kier alpha value is -1.36. The highest BCUT2D eigenvalue weighted by Crippen LogP contribution is 2.21. The van der Waals surface area contributed by atoms with Crippen molar-refractivity contribution in [1.82, 2.24) is 14.9 Å². The third-order valence-electron chi connectivity index (χ3n) is 1.71. The Bertz CT molecular complexity index is 283. The maximum absolute atomic E-state index is 11.0. The molecule has 1 fully saturated rings. The number of nitrogens with one attached hydrogen (secondary N) is 1. The zero-order chi connectivity index (χ0) is 8.55. The molecule has 0 atom stereocenters. The molecule has 1 N–H and O–H groups in total. The van der Waals surface area contributed by atoms with Crippen molar-refractivity contribution in [3.8, 4) is 0 Å². The minimum Gasteiger partial charge on any atom is -0.344 e. The van der Waals surface area contributed by atoms with Crippen LogP contribution in [0.5, 0.6) is 0 Å². The quantitative estimate of drug-likeness (QED) is 0.625. The molecule has 5 heteroatoms. The lowest BCUT2D eigenvalue weighted by Crippen LogP contribution is -2.24. The fourth-order valence-corrected chi connectivity index (χ4v) is 1.05. The number of aromatic amines is 1. The standard InChI is InChI=1S/C7H8N3O2/c1-10-5(11)4-12-7(10)6-8-2-3-9-6/h2-3H,4H2,1H3,(H,8,9). The van der Waals surface area contributed by atoms with E-state index in [0.717, 1.165) is 0 Å². The molecule has 1 saturated heterocycles. The molecule has 0 spiro atoms. The monoisotopic (exact) mass is 166 g/mol. The van der Waals surface area contributed by atoms with Crippen molar-refractivity contribution in [3.05, 3.63) is 24.4 Å². The van der Waals surface area contributed by atoms with Crippen molar-refractivity contribution in [2.75, 3.05) is 13.7 Å². The highest BCUT2D eigenvalue weighted by atomic mass is 16.5. The summed E-state index contributed by atoms with van der Waals surface area (Å²) < 4.78 is 5.12. The summed E-state index contributed by atoms with van der Waals surface area (Å²) in [5.74, 6) is 0.532. The number of likely N-dealkylation sites (N-methyl/N-ethyl adjacent to an activating group) is 1. The van der Waals surface area contributed by atoms with E-state index in [1.54, 1.807) is 19.4 Å². The third-order valence-corrected chi connectivity index (χ3v) is 1.71. The Morgan fingerprint density at radius 2 is 2.58 bits per heavy atom. The van der Waals surface area contributed by atoms with Gasteiger partial charge in [0.2, 0.25) is 0 Å². The number of carbonyl (C=O) groups excluding carboxylic acids is 1. The van der Waals surface area contributed by atoms with Gasteiger partial charge in [-0.15, -0.1) is 0 Å². The maximum atomic E-state index is 11.0. The van der Waals surface area contributed by atoms with Crippen LogP contribution in [-0.4, -0.2) is 34.4 Å². The molecule has 1 amide bonds. The van der Waals surface area contributed by atoms with Gasteiger partial charge in [-0.1, -0.05) is 0 Å². The Balaban J connectivity index is 2.21. The summed E-state index contributed by atoms with van der Waals surface area (Å²) in [6, 6.07) is 0. The van der Waals surface area contributed by atoms with E-state index >= 15 is 0 Å². The minimum atomic E-state index is -0.0543. The number of aromatic nitrogens is 2. The lowest BCUT2D eigenvalue weighted by molar-refractivity contribution is -0.125. The fourth-order valence-electron chi connectivity index (χ4n) is 1.05. The smallest absolute Gasteiger partial charge is 0.260 e. The van der Waals surface area contributed by atoms with E-state index < -0.39 is 0 Å². The first-order chi connectivity index (χ1) is 5.79. The molecule has 0 aliphatic carbocycles. The van der Waals surface area contributed by atoms with E-state index in [4.69, 9.17) is 4.74 Å². The van der Waals surface area contributed by atoms with Gasteiger partial charge in [0, 0.05) is 19.4 Å². The zero-order valence-electron chi connectivity index (χ0n) is 6.57. The average Bonchev–Trinajstić information content (AvgIpc) is 2.64. The first-order valence-electron chi connectivity index (χ1n) is 3.55. The van der Waals surface area contributed by atoms with Crippen molar-refractivity contribution in [1.29, 1.82) is 0 Å². The van der Waals surface area contributed by atoms with Crippen LogP contribution < -0.4 is 0 Å². The van der Waals surface area contributed by atoms with Gasteiger partial charge in [-0.25, -0.2) is 4.98 Å². The predicted octanol–water partition coefficient (Wildman–Crippen LogP) is -0.264. The second-order valence-electron chi connectivity index (χ2n) is 2.48. The van der Waals surface area contributed by atoms with Gasteiger partial charge >= 0.3 is 0 Å². The summed E-state index contributed by atoms with van der Waals surface area (Å²) in [5.41, 5.74) is 0. The molecule has 1 radical (unpaired) electrons. The van der Waals surface area contributed by atoms with E-state index in [1.807, 2.05) is 0 Å². The van der Waals surface area contributed by atoms with E-state index in [1.165, 1.54) is 4.90 Å². The number of imidazole rings is 1. The van der Waals surface area contributed by atoms with Crippen LogP contribution in [0.2, 0.25) is 0 Å². The molecule has 2 heterocycles. The van der Waals surface area contributed by atoms with E-state index in [0.29, 0.717) is 12.1 Å². The zero-order valence-corrected chi connectivity index (χ0v) is 6.57. The second-order valence-corrected chi connectivity index (χ2v) is 2.48. The summed E-state index contributed by atoms with van der Waals surface area (Å²) in [6.45, 7) is 0.104. The largest absolute Gasteiger partial charge is 0.344 e. The van der Waals surface area contributed by atoms with Gasteiger partial charge in [0.05, 0.1) is 0 Å². The molecular formula is C7H8N3O2. The molecule has 1 aliphatic heterocycles. The van der Waals surface area contributed by atoms with Gasteiger partial charge in [0.25, 0.3) is 12.1 Å². The number of rotatable bonds is 1. The lowest BCUT2D eigenvalue weighted by Gasteiger charge is -2.12. The highest BCUT2D eigenvalue weighted by Gasteiger charge is 2.33. The Morgan fingerprint density at radius 3 is 3.08 bits per heavy atom. The van der Waals surface area contributed by atoms with Crippen LogP contribution in [0.3, 0.4) is 0 Å². The fraction of sp³-hybridized carbons (Fsp3) is 0.286. The van der Waals surface area contributed by atoms with Gasteiger partial charge in [-0.3, -0.25) is 4.79 Å².